The first-order chi connectivity index (χ1) is 9.90. The van der Waals surface area contributed by atoms with Gasteiger partial charge in [0.25, 0.3) is 5.91 Å². The van der Waals surface area contributed by atoms with Crippen molar-refractivity contribution >= 4 is 44.7 Å². The van der Waals surface area contributed by atoms with Crippen molar-refractivity contribution in [3.63, 3.8) is 0 Å². The van der Waals surface area contributed by atoms with Crippen LogP contribution in [-0.4, -0.2) is 10.9 Å². The second-order valence-electron chi connectivity index (χ2n) is 4.44. The minimum absolute atomic E-state index is 0.0356. The number of anilines is 1. The lowest BCUT2D eigenvalue weighted by Crippen LogP contribution is -2.19. The molecule has 0 aliphatic heterocycles. The summed E-state index contributed by atoms with van der Waals surface area (Å²) in [6.07, 6.45) is 0. The lowest BCUT2D eigenvalue weighted by molar-refractivity contribution is 0.102. The summed E-state index contributed by atoms with van der Waals surface area (Å²) in [6.45, 7) is 1.82. The molecule has 0 saturated carbocycles. The van der Waals surface area contributed by atoms with Crippen LogP contribution in [0.15, 0.2) is 40.9 Å². The first-order valence-electron chi connectivity index (χ1n) is 6.06. The second-order valence-corrected chi connectivity index (χ2v) is 5.80. The van der Waals surface area contributed by atoms with Crippen LogP contribution in [0.4, 0.5) is 10.1 Å². The maximum atomic E-state index is 13.8. The molecule has 0 radical (unpaired) electrons. The Labute approximate surface area is 135 Å². The Morgan fingerprint density at radius 1 is 1.33 bits per heavy atom. The lowest BCUT2D eigenvalue weighted by Gasteiger charge is -2.12. The summed E-state index contributed by atoms with van der Waals surface area (Å²) in [5.74, 6) is -0.914. The molecule has 2 rings (SSSR count). The number of carbonyl (C=O) groups excluding carboxylic acids is 1. The van der Waals surface area contributed by atoms with Crippen molar-refractivity contribution in [3.05, 3.63) is 63.4 Å². The number of hydrogen-bond acceptors (Lipinski definition) is 2. The van der Waals surface area contributed by atoms with Gasteiger partial charge in [-0.1, -0.05) is 40.3 Å². The molecule has 6 heteroatoms. The third kappa shape index (κ3) is 3.46. The Morgan fingerprint density at radius 2 is 2.05 bits per heavy atom. The molecule has 0 unspecified atom stereocenters. The number of nitrogens with one attached hydrogen (secondary N) is 1. The maximum absolute atomic E-state index is 13.8. The Balaban J connectivity index is 2.39. The summed E-state index contributed by atoms with van der Waals surface area (Å²) in [4.78, 5) is 12.2. The quantitative estimate of drug-likeness (QED) is 0.812. The number of amides is 1. The van der Waals surface area contributed by atoms with Gasteiger partial charge < -0.3 is 11.1 Å². The van der Waals surface area contributed by atoms with Crippen LogP contribution >= 0.6 is 28.1 Å². The van der Waals surface area contributed by atoms with E-state index in [1.807, 2.05) is 19.1 Å². The summed E-state index contributed by atoms with van der Waals surface area (Å²) < 4.78 is 14.6. The van der Waals surface area contributed by atoms with E-state index in [-0.39, 0.29) is 22.1 Å². The molecule has 2 aromatic carbocycles. The van der Waals surface area contributed by atoms with E-state index in [4.69, 9.17) is 18.0 Å². The second kappa shape index (κ2) is 6.32. The molecule has 0 aliphatic carbocycles. The highest BCUT2D eigenvalue weighted by molar-refractivity contribution is 9.10. The molecule has 3 N–H and O–H groups in total. The fourth-order valence-electron chi connectivity index (χ4n) is 1.91. The lowest BCUT2D eigenvalue weighted by atomic mass is 10.1. The average molecular weight is 367 g/mol. The Morgan fingerprint density at radius 3 is 2.71 bits per heavy atom. The van der Waals surface area contributed by atoms with Gasteiger partial charge in [0.15, 0.2) is 0 Å². The van der Waals surface area contributed by atoms with Gasteiger partial charge in [-0.3, -0.25) is 4.79 Å². The minimum Gasteiger partial charge on any atom is -0.389 e. The Bertz CT molecular complexity index is 734. The largest absolute Gasteiger partial charge is 0.389 e. The van der Waals surface area contributed by atoms with Crippen molar-refractivity contribution < 1.29 is 9.18 Å². The molecular formula is C15H12BrFN2OS. The summed E-state index contributed by atoms with van der Waals surface area (Å²) in [5.41, 5.74) is 7.11. The highest BCUT2D eigenvalue weighted by Crippen LogP contribution is 2.22. The van der Waals surface area contributed by atoms with E-state index in [9.17, 15) is 9.18 Å². The van der Waals surface area contributed by atoms with Crippen LogP contribution in [-0.2, 0) is 0 Å². The standard InChI is InChI=1S/C15H12BrFN2OS/c1-8-5-6-9(16)7-10(8)15(20)19-12-4-2-3-11(17)13(12)14(18)21/h2-7H,1H3,(H2,18,21)(H,19,20). The molecule has 0 aromatic heterocycles. The summed E-state index contributed by atoms with van der Waals surface area (Å²) >= 11 is 8.15. The zero-order chi connectivity index (χ0) is 15.6. The fraction of sp³-hybridized carbons (Fsp3) is 0.0667. The summed E-state index contributed by atoms with van der Waals surface area (Å²) in [7, 11) is 0. The molecular weight excluding hydrogens is 355 g/mol. The van der Waals surface area contributed by atoms with E-state index in [0.717, 1.165) is 10.0 Å². The Hall–Kier alpha value is -1.79. The van der Waals surface area contributed by atoms with E-state index < -0.39 is 5.82 Å². The van der Waals surface area contributed by atoms with E-state index in [1.165, 1.54) is 12.1 Å². The molecule has 2 aromatic rings. The summed E-state index contributed by atoms with van der Waals surface area (Å²) in [5, 5.41) is 2.65. The Kier molecular flexibility index (Phi) is 4.69. The molecule has 0 fully saturated rings. The van der Waals surface area contributed by atoms with E-state index >= 15 is 0 Å². The zero-order valence-corrected chi connectivity index (χ0v) is 13.5. The number of hydrogen-bond donors (Lipinski definition) is 2. The normalized spacial score (nSPS) is 10.2. The van der Waals surface area contributed by atoms with Gasteiger partial charge in [0.05, 0.1) is 11.3 Å². The van der Waals surface area contributed by atoms with Gasteiger partial charge in [-0.25, -0.2) is 4.39 Å². The number of halogens is 2. The van der Waals surface area contributed by atoms with Crippen LogP contribution in [0.3, 0.4) is 0 Å². The van der Waals surface area contributed by atoms with Crippen LogP contribution in [0.25, 0.3) is 0 Å². The van der Waals surface area contributed by atoms with Crippen LogP contribution in [0.1, 0.15) is 21.5 Å². The minimum atomic E-state index is -0.564. The van der Waals surface area contributed by atoms with Crippen LogP contribution in [0.2, 0.25) is 0 Å². The van der Waals surface area contributed by atoms with Gasteiger partial charge in [-0.2, -0.15) is 0 Å². The molecule has 0 atom stereocenters. The van der Waals surface area contributed by atoms with Crippen LogP contribution in [0, 0.1) is 12.7 Å². The average Bonchev–Trinajstić information content (AvgIpc) is 2.41. The highest BCUT2D eigenvalue weighted by atomic mass is 79.9. The van der Waals surface area contributed by atoms with Crippen LogP contribution in [0.5, 0.6) is 0 Å². The molecule has 0 aliphatic rings. The third-order valence-corrected chi connectivity index (χ3v) is 3.65. The first-order valence-corrected chi connectivity index (χ1v) is 7.26. The number of thiocarbonyl (C=S) groups is 1. The van der Waals surface area contributed by atoms with Gasteiger partial charge in [-0.05, 0) is 36.8 Å². The molecule has 3 nitrogen and oxygen atoms in total. The van der Waals surface area contributed by atoms with Gasteiger partial charge in [-0.15, -0.1) is 0 Å². The summed E-state index contributed by atoms with van der Waals surface area (Å²) in [6, 6.07) is 9.65. The topological polar surface area (TPSA) is 55.1 Å². The predicted octanol–water partition coefficient (Wildman–Crippen LogP) is 3.78. The first kappa shape index (κ1) is 15.6. The monoisotopic (exact) mass is 366 g/mol. The van der Waals surface area contributed by atoms with Crippen LogP contribution < -0.4 is 11.1 Å². The molecule has 0 bridgehead atoms. The van der Waals surface area contributed by atoms with Crippen molar-refractivity contribution in [3.8, 4) is 0 Å². The molecule has 0 saturated heterocycles. The zero-order valence-electron chi connectivity index (χ0n) is 11.1. The van der Waals surface area contributed by atoms with Crippen molar-refractivity contribution in [1.82, 2.24) is 0 Å². The molecule has 1 amide bonds. The number of nitrogens with two attached hydrogens (primary N) is 1. The van der Waals surface area contributed by atoms with Gasteiger partial charge in [0.2, 0.25) is 0 Å². The smallest absolute Gasteiger partial charge is 0.255 e. The maximum Gasteiger partial charge on any atom is 0.255 e. The van der Waals surface area contributed by atoms with E-state index in [2.05, 4.69) is 21.2 Å². The van der Waals surface area contributed by atoms with E-state index in [0.29, 0.717) is 5.56 Å². The predicted molar refractivity (Wildman–Crippen MR) is 89.1 cm³/mol. The van der Waals surface area contributed by atoms with Crippen molar-refractivity contribution in [2.24, 2.45) is 5.73 Å². The highest BCUT2D eigenvalue weighted by Gasteiger charge is 2.15. The van der Waals surface area contributed by atoms with Gasteiger partial charge in [0.1, 0.15) is 10.8 Å². The number of rotatable bonds is 3. The molecule has 21 heavy (non-hydrogen) atoms. The van der Waals surface area contributed by atoms with Crippen molar-refractivity contribution in [2.75, 3.05) is 5.32 Å². The van der Waals surface area contributed by atoms with E-state index in [1.54, 1.807) is 12.1 Å². The van der Waals surface area contributed by atoms with Gasteiger partial charge >= 0.3 is 0 Å². The van der Waals surface area contributed by atoms with Crippen molar-refractivity contribution in [2.45, 2.75) is 6.92 Å². The number of benzene rings is 2. The fourth-order valence-corrected chi connectivity index (χ4v) is 2.48. The molecule has 0 heterocycles. The SMILES string of the molecule is Cc1ccc(Br)cc1C(=O)Nc1cccc(F)c1C(N)=S. The molecule has 108 valence electrons. The molecule has 0 spiro atoms. The third-order valence-electron chi connectivity index (χ3n) is 2.95. The number of carbonyl (C=O) groups is 1. The van der Waals surface area contributed by atoms with Crippen molar-refractivity contribution in [1.29, 1.82) is 0 Å². The van der Waals surface area contributed by atoms with Gasteiger partial charge in [0, 0.05) is 10.0 Å². The number of aryl methyl sites for hydroxylation is 1.